The van der Waals surface area contributed by atoms with E-state index in [1.807, 2.05) is 0 Å². The Kier molecular flexibility index (Phi) is 26.4. The molecule has 0 fully saturated rings. The number of carboxylic acid groups (broad SMARTS) is 2. The second-order valence-corrected chi connectivity index (χ2v) is 5.12. The number of unbranched alkanes of at least 4 members (excludes halogenated alkanes) is 8. The summed E-state index contributed by atoms with van der Waals surface area (Å²) < 4.78 is 0. The molecule has 0 saturated carbocycles. The fourth-order valence-electron chi connectivity index (χ4n) is 1.76. The van der Waals surface area contributed by atoms with Gasteiger partial charge in [0.2, 0.25) is 0 Å². The molecule has 0 aromatic heterocycles. The minimum Gasteiger partial charge on any atom is -0.481 e. The van der Waals surface area contributed by atoms with E-state index >= 15 is 0 Å². The summed E-state index contributed by atoms with van der Waals surface area (Å²) in [5.74, 6) is -1.34. The van der Waals surface area contributed by atoms with E-state index in [0.29, 0.717) is 12.8 Å². The average molecular weight is 318 g/mol. The van der Waals surface area contributed by atoms with Crippen molar-refractivity contribution >= 4 is 29.3 Å². The highest BCUT2D eigenvalue weighted by Crippen LogP contribution is 2.04. The third-order valence-electron chi connectivity index (χ3n) is 2.99. The average Bonchev–Trinajstić information content (AvgIpc) is 2.38. The molecule has 0 bridgehead atoms. The molecule has 0 radical (unpaired) electrons. The third-order valence-corrected chi connectivity index (χ3v) is 2.99. The first kappa shape index (κ1) is 25.4. The molecule has 2 N–H and O–H groups in total. The van der Waals surface area contributed by atoms with E-state index < -0.39 is 11.9 Å². The maximum Gasteiger partial charge on any atom is 0.303 e. The van der Waals surface area contributed by atoms with Gasteiger partial charge in [0, 0.05) is 12.8 Å². The summed E-state index contributed by atoms with van der Waals surface area (Å²) in [7, 11) is 0. The van der Waals surface area contributed by atoms with Crippen LogP contribution in [0.1, 0.15) is 90.9 Å². The first-order valence-corrected chi connectivity index (χ1v) is 7.98. The molecule has 0 aromatic rings. The molecule has 0 aliphatic rings. The van der Waals surface area contributed by atoms with Gasteiger partial charge in [-0.15, -0.1) is 0 Å². The molecule has 0 atom stereocenters. The fourth-order valence-corrected chi connectivity index (χ4v) is 1.76. The Bertz CT molecular complexity index is 208. The largest absolute Gasteiger partial charge is 0.481 e. The summed E-state index contributed by atoms with van der Waals surface area (Å²) in [5, 5.41) is 16.5. The number of carbonyl (C=O) groups is 2. The zero-order valence-electron chi connectivity index (χ0n) is 13.2. The van der Waals surface area contributed by atoms with E-state index in [4.69, 9.17) is 10.2 Å². The van der Waals surface area contributed by atoms with Gasteiger partial charge in [0.1, 0.15) is 0 Å². The Hall–Kier alpha value is -0.528. The Labute approximate surface area is 140 Å². The van der Waals surface area contributed by atoms with Gasteiger partial charge in [0.15, 0.2) is 17.4 Å². The SMILES string of the molecule is CCCCCCCC(=O)O.CCCCCCCC(=O)O.[AlH3]. The molecule has 0 aliphatic heterocycles. The first-order valence-electron chi connectivity index (χ1n) is 7.98. The van der Waals surface area contributed by atoms with Gasteiger partial charge in [-0.3, -0.25) is 9.59 Å². The van der Waals surface area contributed by atoms with Crippen LogP contribution in [0.4, 0.5) is 0 Å². The van der Waals surface area contributed by atoms with Crippen LogP contribution in [0.25, 0.3) is 0 Å². The zero-order valence-corrected chi connectivity index (χ0v) is 13.2. The molecule has 5 heteroatoms. The molecule has 126 valence electrons. The smallest absolute Gasteiger partial charge is 0.303 e. The highest BCUT2D eigenvalue weighted by Gasteiger charge is 1.95. The number of hydrogen-bond donors (Lipinski definition) is 2. The summed E-state index contributed by atoms with van der Waals surface area (Å²) in [6, 6.07) is 0. The fraction of sp³-hybridized carbons (Fsp3) is 0.875. The normalized spacial score (nSPS) is 9.24. The zero-order chi connectivity index (χ0) is 15.6. The molecule has 0 heterocycles. The van der Waals surface area contributed by atoms with Crippen molar-refractivity contribution < 1.29 is 19.8 Å². The second-order valence-electron chi connectivity index (χ2n) is 5.12. The van der Waals surface area contributed by atoms with E-state index in [-0.39, 0.29) is 17.4 Å². The minimum absolute atomic E-state index is 0. The van der Waals surface area contributed by atoms with Crippen molar-refractivity contribution in [3.8, 4) is 0 Å². The van der Waals surface area contributed by atoms with Crippen LogP contribution >= 0.6 is 0 Å². The van der Waals surface area contributed by atoms with Gasteiger partial charge >= 0.3 is 11.9 Å². The lowest BCUT2D eigenvalue weighted by Gasteiger charge is -1.95. The van der Waals surface area contributed by atoms with Gasteiger partial charge in [0.05, 0.1) is 0 Å². The van der Waals surface area contributed by atoms with Gasteiger partial charge in [0.25, 0.3) is 0 Å². The van der Waals surface area contributed by atoms with Gasteiger partial charge in [-0.2, -0.15) is 0 Å². The van der Waals surface area contributed by atoms with Crippen LogP contribution in [-0.2, 0) is 9.59 Å². The molecule has 4 nitrogen and oxygen atoms in total. The van der Waals surface area contributed by atoms with E-state index in [0.717, 1.165) is 25.7 Å². The minimum atomic E-state index is -0.670. The van der Waals surface area contributed by atoms with Crippen LogP contribution in [0.3, 0.4) is 0 Å². The molecule has 0 aliphatic carbocycles. The van der Waals surface area contributed by atoms with Crippen molar-refractivity contribution in [3.63, 3.8) is 0 Å². The monoisotopic (exact) mass is 318 g/mol. The number of hydrogen-bond acceptors (Lipinski definition) is 2. The molecule has 21 heavy (non-hydrogen) atoms. The highest BCUT2D eigenvalue weighted by atomic mass is 27.0. The van der Waals surface area contributed by atoms with Crippen LogP contribution < -0.4 is 0 Å². The standard InChI is InChI=1S/2C8H16O2.Al.3H/c2*1-2-3-4-5-6-7-8(9)10;;;;/h2*2-7H2,1H3,(H,9,10);;;;. The molecular formula is C16H35AlO4. The second kappa shape index (κ2) is 21.8. The van der Waals surface area contributed by atoms with Crippen LogP contribution in [0.5, 0.6) is 0 Å². The van der Waals surface area contributed by atoms with Crippen molar-refractivity contribution in [2.45, 2.75) is 90.9 Å². The first-order chi connectivity index (χ1) is 9.54. The molecule has 0 spiro atoms. The molecular weight excluding hydrogens is 283 g/mol. The van der Waals surface area contributed by atoms with Gasteiger partial charge in [-0.25, -0.2) is 0 Å². The van der Waals surface area contributed by atoms with Crippen LogP contribution in [0, 0.1) is 0 Å². The maximum atomic E-state index is 10.0. The Morgan fingerprint density at radius 1 is 0.619 bits per heavy atom. The summed E-state index contributed by atoms with van der Waals surface area (Å²) in [6.45, 7) is 4.30. The molecule has 0 amide bonds. The van der Waals surface area contributed by atoms with Crippen molar-refractivity contribution in [2.24, 2.45) is 0 Å². The molecule has 0 unspecified atom stereocenters. The number of aliphatic carboxylic acids is 2. The summed E-state index contributed by atoms with van der Waals surface area (Å²) in [5.41, 5.74) is 0. The van der Waals surface area contributed by atoms with Crippen molar-refractivity contribution in [2.75, 3.05) is 0 Å². The third kappa shape index (κ3) is 32.8. The van der Waals surface area contributed by atoms with Gasteiger partial charge in [-0.1, -0.05) is 65.2 Å². The van der Waals surface area contributed by atoms with Gasteiger partial charge < -0.3 is 10.2 Å². The number of carboxylic acids is 2. The van der Waals surface area contributed by atoms with Crippen molar-refractivity contribution in [3.05, 3.63) is 0 Å². The predicted octanol–water partition coefficient (Wildman–Crippen LogP) is 3.68. The lowest BCUT2D eigenvalue weighted by Crippen LogP contribution is -1.93. The maximum absolute atomic E-state index is 10.0. The predicted molar refractivity (Wildman–Crippen MR) is 92.0 cm³/mol. The van der Waals surface area contributed by atoms with Crippen molar-refractivity contribution in [1.29, 1.82) is 0 Å². The van der Waals surface area contributed by atoms with E-state index in [1.165, 1.54) is 38.5 Å². The molecule has 0 aromatic carbocycles. The van der Waals surface area contributed by atoms with E-state index in [1.54, 1.807) is 0 Å². The summed E-state index contributed by atoms with van der Waals surface area (Å²) in [4.78, 5) is 20.1. The van der Waals surface area contributed by atoms with Crippen LogP contribution in [0.2, 0.25) is 0 Å². The molecule has 0 saturated heterocycles. The van der Waals surface area contributed by atoms with Crippen molar-refractivity contribution in [1.82, 2.24) is 0 Å². The summed E-state index contributed by atoms with van der Waals surface area (Å²) >= 11 is 0. The van der Waals surface area contributed by atoms with Crippen LogP contribution in [0.15, 0.2) is 0 Å². The lowest BCUT2D eigenvalue weighted by molar-refractivity contribution is -0.138. The Balaban J connectivity index is -0.000000295. The number of rotatable bonds is 12. The Morgan fingerprint density at radius 2 is 0.905 bits per heavy atom. The quantitative estimate of drug-likeness (QED) is 0.425. The summed E-state index contributed by atoms with van der Waals surface area (Å²) in [6.07, 6.45) is 11.8. The lowest BCUT2D eigenvalue weighted by atomic mass is 10.1. The highest BCUT2D eigenvalue weighted by molar-refractivity contribution is 5.75. The van der Waals surface area contributed by atoms with E-state index in [9.17, 15) is 9.59 Å². The van der Waals surface area contributed by atoms with Gasteiger partial charge in [-0.05, 0) is 12.8 Å². The topological polar surface area (TPSA) is 74.6 Å². The Morgan fingerprint density at radius 3 is 1.14 bits per heavy atom. The van der Waals surface area contributed by atoms with E-state index in [2.05, 4.69) is 13.8 Å². The molecule has 0 rings (SSSR count). The van der Waals surface area contributed by atoms with Crippen LogP contribution in [-0.4, -0.2) is 39.5 Å².